The van der Waals surface area contributed by atoms with Crippen LogP contribution in [0.4, 0.5) is 5.69 Å². The van der Waals surface area contributed by atoms with E-state index in [4.69, 9.17) is 14.2 Å². The molecule has 0 aromatic heterocycles. The van der Waals surface area contributed by atoms with Crippen molar-refractivity contribution in [2.24, 2.45) is 0 Å². The monoisotopic (exact) mass is 379 g/mol. The van der Waals surface area contributed by atoms with Crippen LogP contribution in [0.3, 0.4) is 0 Å². The number of carbonyl (C=O) groups excluding carboxylic acids is 2. The van der Waals surface area contributed by atoms with E-state index in [1.165, 1.54) is 7.11 Å². The lowest BCUT2D eigenvalue weighted by atomic mass is 9.97. The van der Waals surface area contributed by atoms with Crippen LogP contribution in [-0.4, -0.2) is 37.3 Å². The molecule has 1 rings (SSSR count). The van der Waals surface area contributed by atoms with Crippen LogP contribution >= 0.6 is 0 Å². The summed E-state index contributed by atoms with van der Waals surface area (Å²) in [7, 11) is 1.31. The Labute approximate surface area is 162 Å². The number of anilines is 1. The van der Waals surface area contributed by atoms with E-state index in [0.29, 0.717) is 24.5 Å². The van der Waals surface area contributed by atoms with Gasteiger partial charge in [-0.2, -0.15) is 0 Å². The van der Waals surface area contributed by atoms with Crippen LogP contribution in [0.25, 0.3) is 0 Å². The molecule has 0 saturated carbocycles. The molecular weight excluding hydrogens is 346 g/mol. The van der Waals surface area contributed by atoms with E-state index in [9.17, 15) is 9.59 Å². The van der Waals surface area contributed by atoms with Crippen LogP contribution < -0.4 is 10.1 Å². The molecule has 1 atom stereocenters. The van der Waals surface area contributed by atoms with E-state index in [1.807, 2.05) is 27.7 Å². The predicted octanol–water partition coefficient (Wildman–Crippen LogP) is 4.57. The number of rotatable bonds is 11. The summed E-state index contributed by atoms with van der Waals surface area (Å²) in [6, 6.07) is 4.95. The van der Waals surface area contributed by atoms with Crippen LogP contribution in [0, 0.1) is 0 Å². The van der Waals surface area contributed by atoms with Crippen molar-refractivity contribution in [1.29, 1.82) is 0 Å². The van der Waals surface area contributed by atoms with E-state index in [0.717, 1.165) is 19.3 Å². The molecule has 1 amide bonds. The Balaban J connectivity index is 3.06. The lowest BCUT2D eigenvalue weighted by molar-refractivity contribution is -0.140. The Morgan fingerprint density at radius 2 is 1.89 bits per heavy atom. The first-order valence-electron chi connectivity index (χ1n) is 9.61. The number of ether oxygens (including phenoxy) is 3. The third kappa shape index (κ3) is 6.86. The molecule has 6 nitrogen and oxygen atoms in total. The minimum Gasteiger partial charge on any atom is -0.490 e. The predicted molar refractivity (Wildman–Crippen MR) is 106 cm³/mol. The Morgan fingerprint density at radius 3 is 2.44 bits per heavy atom. The topological polar surface area (TPSA) is 73.9 Å². The first kappa shape index (κ1) is 23.0. The second-order valence-corrected chi connectivity index (χ2v) is 7.01. The molecular formula is C21H33NO5. The highest BCUT2D eigenvalue weighted by Crippen LogP contribution is 2.27. The highest BCUT2D eigenvalue weighted by molar-refractivity contribution is 5.99. The molecule has 1 N–H and O–H groups in total. The largest absolute Gasteiger partial charge is 0.490 e. The van der Waals surface area contributed by atoms with Crippen LogP contribution in [0.15, 0.2) is 18.2 Å². The number of carbonyl (C=O) groups is 2. The van der Waals surface area contributed by atoms with Gasteiger partial charge in [0.15, 0.2) is 0 Å². The number of nitrogens with one attached hydrogen (secondary N) is 1. The Morgan fingerprint density at radius 1 is 1.19 bits per heavy atom. The summed E-state index contributed by atoms with van der Waals surface area (Å²) in [5, 5.41) is 2.87. The molecule has 6 heteroatoms. The van der Waals surface area contributed by atoms with E-state index >= 15 is 0 Å². The molecule has 1 aromatic rings. The fourth-order valence-electron chi connectivity index (χ4n) is 2.59. The summed E-state index contributed by atoms with van der Waals surface area (Å²) in [5.41, 5.74) is -0.141. The van der Waals surface area contributed by atoms with Crippen molar-refractivity contribution in [3.63, 3.8) is 0 Å². The maximum Gasteiger partial charge on any atom is 0.341 e. The van der Waals surface area contributed by atoms with Crippen molar-refractivity contribution in [2.45, 2.75) is 72.0 Å². The van der Waals surface area contributed by atoms with Gasteiger partial charge in [-0.1, -0.05) is 26.7 Å². The third-order valence-corrected chi connectivity index (χ3v) is 4.12. The quantitative estimate of drug-likeness (QED) is 0.570. The number of benzene rings is 1. The number of esters is 1. The Bertz CT molecular complexity index is 619. The first-order valence-corrected chi connectivity index (χ1v) is 9.61. The highest BCUT2D eigenvalue weighted by Gasteiger charge is 2.33. The van der Waals surface area contributed by atoms with Crippen molar-refractivity contribution in [3.8, 4) is 5.75 Å². The molecule has 0 saturated heterocycles. The van der Waals surface area contributed by atoms with Gasteiger partial charge in [-0.3, -0.25) is 4.79 Å². The molecule has 0 radical (unpaired) electrons. The Kier molecular flexibility index (Phi) is 9.29. The molecule has 0 spiro atoms. The third-order valence-electron chi connectivity index (χ3n) is 4.12. The van der Waals surface area contributed by atoms with Crippen molar-refractivity contribution in [1.82, 2.24) is 0 Å². The van der Waals surface area contributed by atoms with E-state index in [-0.39, 0.29) is 17.6 Å². The zero-order valence-corrected chi connectivity index (χ0v) is 17.4. The van der Waals surface area contributed by atoms with Crippen LogP contribution in [0.2, 0.25) is 0 Å². The van der Waals surface area contributed by atoms with Gasteiger partial charge in [0.25, 0.3) is 5.91 Å². The van der Waals surface area contributed by atoms with Crippen molar-refractivity contribution in [2.75, 3.05) is 19.0 Å². The minimum absolute atomic E-state index is 0.0892. The van der Waals surface area contributed by atoms with E-state index in [1.54, 1.807) is 18.2 Å². The van der Waals surface area contributed by atoms with Crippen LogP contribution in [-0.2, 0) is 14.3 Å². The normalized spacial score (nSPS) is 13.1. The summed E-state index contributed by atoms with van der Waals surface area (Å²) in [5.74, 6) is -0.318. The van der Waals surface area contributed by atoms with Gasteiger partial charge in [-0.25, -0.2) is 4.79 Å². The fourth-order valence-corrected chi connectivity index (χ4v) is 2.59. The van der Waals surface area contributed by atoms with E-state index in [2.05, 4.69) is 12.2 Å². The molecule has 0 fully saturated rings. The standard InChI is InChI=1S/C21H33NO5/c1-7-9-12-21(5,26-13-8-2)20(24)22-16-10-11-18(27-15(3)4)17(14-16)19(23)25-6/h10-11,14-15H,7-9,12-13H2,1-6H3,(H,22,24)/t21-/m0/s1. The molecule has 0 aliphatic heterocycles. The van der Waals surface area contributed by atoms with Crippen molar-refractivity contribution >= 4 is 17.6 Å². The number of unbranched alkanes of at least 4 members (excludes halogenated alkanes) is 1. The lowest BCUT2D eigenvalue weighted by Gasteiger charge is -2.28. The molecule has 1 aromatic carbocycles. The van der Waals surface area contributed by atoms with E-state index < -0.39 is 11.6 Å². The molecule has 0 aliphatic carbocycles. The van der Waals surface area contributed by atoms with Gasteiger partial charge >= 0.3 is 5.97 Å². The lowest BCUT2D eigenvalue weighted by Crippen LogP contribution is -2.43. The summed E-state index contributed by atoms with van der Waals surface area (Å²) in [6.45, 7) is 10.2. The average Bonchev–Trinajstić information content (AvgIpc) is 2.64. The second-order valence-electron chi connectivity index (χ2n) is 7.01. The molecule has 152 valence electrons. The van der Waals surface area contributed by atoms with Gasteiger partial charge in [0.05, 0.1) is 13.2 Å². The summed E-state index contributed by atoms with van der Waals surface area (Å²) < 4.78 is 16.4. The van der Waals surface area contributed by atoms with Gasteiger partial charge in [-0.15, -0.1) is 0 Å². The smallest absolute Gasteiger partial charge is 0.341 e. The zero-order chi connectivity index (χ0) is 20.4. The molecule has 0 aliphatic rings. The van der Waals surface area contributed by atoms with Gasteiger partial charge in [0.1, 0.15) is 16.9 Å². The molecule has 0 unspecified atom stereocenters. The summed E-state index contributed by atoms with van der Waals surface area (Å²) >= 11 is 0. The maximum absolute atomic E-state index is 12.9. The fraction of sp³-hybridized carbons (Fsp3) is 0.619. The Hall–Kier alpha value is -2.08. The van der Waals surface area contributed by atoms with Gasteiger partial charge in [-0.05, 0) is 51.8 Å². The van der Waals surface area contributed by atoms with Crippen LogP contribution in [0.5, 0.6) is 5.75 Å². The molecule has 0 heterocycles. The number of amides is 1. The summed E-state index contributed by atoms with van der Waals surface area (Å²) in [6.07, 6.45) is 3.25. The number of hydrogen-bond donors (Lipinski definition) is 1. The van der Waals surface area contributed by atoms with Gasteiger partial charge in [0, 0.05) is 12.3 Å². The number of methoxy groups -OCH3 is 1. The summed E-state index contributed by atoms with van der Waals surface area (Å²) in [4.78, 5) is 25.0. The van der Waals surface area contributed by atoms with Gasteiger partial charge in [0.2, 0.25) is 0 Å². The minimum atomic E-state index is -0.912. The number of hydrogen-bond acceptors (Lipinski definition) is 5. The molecule has 27 heavy (non-hydrogen) atoms. The van der Waals surface area contributed by atoms with Crippen LogP contribution in [0.1, 0.15) is 70.7 Å². The van der Waals surface area contributed by atoms with Crippen molar-refractivity contribution in [3.05, 3.63) is 23.8 Å². The maximum atomic E-state index is 12.9. The average molecular weight is 379 g/mol. The van der Waals surface area contributed by atoms with Gasteiger partial charge < -0.3 is 19.5 Å². The SMILES string of the molecule is CCCC[C@](C)(OCCC)C(=O)Nc1ccc(OC(C)C)c(C(=O)OC)c1. The van der Waals surface area contributed by atoms with Crippen molar-refractivity contribution < 1.29 is 23.8 Å². The highest BCUT2D eigenvalue weighted by atomic mass is 16.5. The molecule has 0 bridgehead atoms. The first-order chi connectivity index (χ1) is 12.8. The second kappa shape index (κ2) is 10.9. The zero-order valence-electron chi connectivity index (χ0n) is 17.4.